The SMILES string of the molecule is CC(C)OC1C(O)CN(C(=O)OCc2ccccc2)[C@@H]1C(=O)OCc1ccccc1. The summed E-state index contributed by atoms with van der Waals surface area (Å²) in [6.07, 6.45) is -2.85. The van der Waals surface area contributed by atoms with E-state index in [9.17, 15) is 14.7 Å². The maximum Gasteiger partial charge on any atom is 0.411 e. The van der Waals surface area contributed by atoms with E-state index in [1.165, 1.54) is 4.90 Å². The second kappa shape index (κ2) is 10.2. The summed E-state index contributed by atoms with van der Waals surface area (Å²) in [5.74, 6) is -0.641. The lowest BCUT2D eigenvalue weighted by atomic mass is 10.1. The molecule has 0 aliphatic carbocycles. The highest BCUT2D eigenvalue weighted by molar-refractivity contribution is 5.83. The van der Waals surface area contributed by atoms with E-state index in [-0.39, 0.29) is 25.9 Å². The number of amides is 1. The van der Waals surface area contributed by atoms with E-state index in [0.717, 1.165) is 11.1 Å². The van der Waals surface area contributed by atoms with Gasteiger partial charge in [0.15, 0.2) is 6.04 Å². The van der Waals surface area contributed by atoms with Crippen LogP contribution in [-0.4, -0.2) is 53.0 Å². The van der Waals surface area contributed by atoms with E-state index in [2.05, 4.69) is 0 Å². The monoisotopic (exact) mass is 413 g/mol. The van der Waals surface area contributed by atoms with Gasteiger partial charge in [-0.05, 0) is 25.0 Å². The van der Waals surface area contributed by atoms with Crippen LogP contribution in [0.25, 0.3) is 0 Å². The van der Waals surface area contributed by atoms with E-state index in [0.29, 0.717) is 0 Å². The zero-order valence-electron chi connectivity index (χ0n) is 17.1. The Morgan fingerprint density at radius 2 is 1.50 bits per heavy atom. The van der Waals surface area contributed by atoms with Crippen molar-refractivity contribution in [3.05, 3.63) is 71.8 Å². The van der Waals surface area contributed by atoms with E-state index in [1.54, 1.807) is 13.8 Å². The van der Waals surface area contributed by atoms with Gasteiger partial charge in [-0.3, -0.25) is 4.90 Å². The Morgan fingerprint density at radius 3 is 2.03 bits per heavy atom. The van der Waals surface area contributed by atoms with Crippen molar-refractivity contribution >= 4 is 12.1 Å². The van der Waals surface area contributed by atoms with Crippen LogP contribution in [0.2, 0.25) is 0 Å². The van der Waals surface area contributed by atoms with Gasteiger partial charge < -0.3 is 19.3 Å². The first-order valence-corrected chi connectivity index (χ1v) is 9.97. The third kappa shape index (κ3) is 5.58. The average Bonchev–Trinajstić information content (AvgIpc) is 3.07. The van der Waals surface area contributed by atoms with Crippen molar-refractivity contribution in [3.8, 4) is 0 Å². The number of nitrogens with zero attached hydrogens (tertiary/aromatic N) is 1. The minimum Gasteiger partial charge on any atom is -0.459 e. The van der Waals surface area contributed by atoms with Crippen LogP contribution < -0.4 is 0 Å². The van der Waals surface area contributed by atoms with Crippen LogP contribution in [0.5, 0.6) is 0 Å². The third-order valence-electron chi connectivity index (χ3n) is 4.74. The molecule has 1 N–H and O–H groups in total. The fourth-order valence-corrected chi connectivity index (χ4v) is 3.35. The van der Waals surface area contributed by atoms with Gasteiger partial charge in [-0.15, -0.1) is 0 Å². The summed E-state index contributed by atoms with van der Waals surface area (Å²) in [4.78, 5) is 26.8. The molecule has 2 unspecified atom stereocenters. The molecule has 1 fully saturated rings. The van der Waals surface area contributed by atoms with E-state index in [4.69, 9.17) is 14.2 Å². The number of aliphatic hydroxyl groups is 1. The van der Waals surface area contributed by atoms with Crippen LogP contribution in [0.1, 0.15) is 25.0 Å². The molecular formula is C23H27NO6. The van der Waals surface area contributed by atoms with Crippen molar-refractivity contribution in [2.24, 2.45) is 0 Å². The van der Waals surface area contributed by atoms with Gasteiger partial charge in [-0.1, -0.05) is 60.7 Å². The Balaban J connectivity index is 1.70. The minimum atomic E-state index is -1.09. The summed E-state index contributed by atoms with van der Waals surface area (Å²) in [6.45, 7) is 3.66. The number of β-amino-alcohol motifs (C(OH)–C–C–N with tert-alkyl or cyclic N) is 1. The number of carbonyl (C=O) groups is 2. The largest absolute Gasteiger partial charge is 0.459 e. The zero-order chi connectivity index (χ0) is 21.5. The maximum atomic E-state index is 12.9. The second-order valence-electron chi connectivity index (χ2n) is 7.45. The van der Waals surface area contributed by atoms with Crippen LogP contribution in [0.4, 0.5) is 4.79 Å². The molecule has 1 saturated heterocycles. The predicted octanol–water partition coefficient (Wildman–Crippen LogP) is 2.91. The van der Waals surface area contributed by atoms with Crippen LogP contribution >= 0.6 is 0 Å². The van der Waals surface area contributed by atoms with E-state index in [1.807, 2.05) is 60.7 Å². The molecule has 3 atom stereocenters. The van der Waals surface area contributed by atoms with Crippen molar-refractivity contribution in [3.63, 3.8) is 0 Å². The highest BCUT2D eigenvalue weighted by Crippen LogP contribution is 2.25. The number of hydrogen-bond acceptors (Lipinski definition) is 6. The molecule has 1 aliphatic rings. The molecule has 1 amide bonds. The standard InChI is InChI=1S/C23H27NO6/c1-16(2)30-21-19(25)13-24(23(27)29-15-18-11-7-4-8-12-18)20(21)22(26)28-14-17-9-5-3-6-10-17/h3-12,16,19-21,25H,13-15H2,1-2H3/t19?,20-,21?/m0/s1. The average molecular weight is 413 g/mol. The molecule has 2 aromatic rings. The molecule has 0 bridgehead atoms. The number of carbonyl (C=O) groups excluding carboxylic acids is 2. The topological polar surface area (TPSA) is 85.3 Å². The smallest absolute Gasteiger partial charge is 0.411 e. The second-order valence-corrected chi connectivity index (χ2v) is 7.45. The number of ether oxygens (including phenoxy) is 3. The Hall–Kier alpha value is -2.90. The summed E-state index contributed by atoms with van der Waals surface area (Å²) >= 11 is 0. The van der Waals surface area contributed by atoms with Crippen molar-refractivity contribution in [2.45, 2.75) is 51.4 Å². The summed E-state index contributed by atoms with van der Waals surface area (Å²) in [7, 11) is 0. The Bertz CT molecular complexity index is 826. The van der Waals surface area contributed by atoms with E-state index < -0.39 is 30.3 Å². The molecule has 3 rings (SSSR count). The highest BCUT2D eigenvalue weighted by Gasteiger charge is 2.50. The Morgan fingerprint density at radius 1 is 0.967 bits per heavy atom. The van der Waals surface area contributed by atoms with Gasteiger partial charge in [0.05, 0.1) is 12.6 Å². The van der Waals surface area contributed by atoms with Gasteiger partial charge in [-0.25, -0.2) is 9.59 Å². The van der Waals surface area contributed by atoms with Gasteiger partial charge in [0.1, 0.15) is 25.4 Å². The number of aliphatic hydroxyl groups excluding tert-OH is 1. The molecule has 160 valence electrons. The summed E-state index contributed by atoms with van der Waals surface area (Å²) in [5, 5.41) is 10.5. The Kier molecular flexibility index (Phi) is 7.43. The molecule has 0 spiro atoms. The van der Waals surface area contributed by atoms with Crippen molar-refractivity contribution in [1.29, 1.82) is 0 Å². The number of likely N-dealkylation sites (tertiary alicyclic amines) is 1. The molecule has 7 nitrogen and oxygen atoms in total. The lowest BCUT2D eigenvalue weighted by Crippen LogP contribution is -2.48. The molecular weight excluding hydrogens is 386 g/mol. The lowest BCUT2D eigenvalue weighted by molar-refractivity contribution is -0.156. The van der Waals surface area contributed by atoms with Gasteiger partial charge >= 0.3 is 12.1 Å². The molecule has 2 aromatic carbocycles. The summed E-state index contributed by atoms with van der Waals surface area (Å²) < 4.78 is 16.6. The molecule has 1 heterocycles. The van der Waals surface area contributed by atoms with Gasteiger partial charge in [0.2, 0.25) is 0 Å². The molecule has 0 saturated carbocycles. The number of esters is 1. The van der Waals surface area contributed by atoms with Gasteiger partial charge in [0.25, 0.3) is 0 Å². The van der Waals surface area contributed by atoms with Crippen molar-refractivity contribution in [2.75, 3.05) is 6.54 Å². The number of hydrogen-bond donors (Lipinski definition) is 1. The first-order chi connectivity index (χ1) is 14.5. The maximum absolute atomic E-state index is 12.9. The molecule has 30 heavy (non-hydrogen) atoms. The van der Waals surface area contributed by atoms with E-state index >= 15 is 0 Å². The summed E-state index contributed by atoms with van der Waals surface area (Å²) in [6, 6.07) is 17.4. The third-order valence-corrected chi connectivity index (χ3v) is 4.74. The van der Waals surface area contributed by atoms with Crippen LogP contribution in [0.3, 0.4) is 0 Å². The van der Waals surface area contributed by atoms with Crippen LogP contribution in [-0.2, 0) is 32.2 Å². The molecule has 1 aliphatic heterocycles. The minimum absolute atomic E-state index is 0.0631. The predicted molar refractivity (Wildman–Crippen MR) is 109 cm³/mol. The van der Waals surface area contributed by atoms with Crippen molar-refractivity contribution in [1.82, 2.24) is 4.90 Å². The molecule has 7 heteroatoms. The quantitative estimate of drug-likeness (QED) is 0.703. The van der Waals surface area contributed by atoms with Crippen molar-refractivity contribution < 1.29 is 28.9 Å². The molecule has 0 aromatic heterocycles. The zero-order valence-corrected chi connectivity index (χ0v) is 17.1. The first-order valence-electron chi connectivity index (χ1n) is 9.97. The summed E-state index contributed by atoms with van der Waals surface area (Å²) in [5.41, 5.74) is 1.65. The van der Waals surface area contributed by atoms with Gasteiger partial charge in [0, 0.05) is 0 Å². The first kappa shape index (κ1) is 21.8. The number of benzene rings is 2. The van der Waals surface area contributed by atoms with Crippen LogP contribution in [0, 0.1) is 0 Å². The highest BCUT2D eigenvalue weighted by atomic mass is 16.6. The number of rotatable bonds is 7. The fraction of sp³-hybridized carbons (Fsp3) is 0.391. The normalized spacial score (nSPS) is 20.9. The fourth-order valence-electron chi connectivity index (χ4n) is 3.35. The lowest BCUT2D eigenvalue weighted by Gasteiger charge is -2.27. The van der Waals surface area contributed by atoms with Gasteiger partial charge in [-0.2, -0.15) is 0 Å². The van der Waals surface area contributed by atoms with Crippen LogP contribution in [0.15, 0.2) is 60.7 Å². The Labute approximate surface area is 176 Å². The molecule has 0 radical (unpaired) electrons.